The summed E-state index contributed by atoms with van der Waals surface area (Å²) in [5.74, 6) is -3.39. The molecular weight excluding hydrogens is 528 g/mol. The van der Waals surface area contributed by atoms with E-state index in [1.165, 1.54) is 16.2 Å². The number of carbonyl (C=O) groups is 3. The van der Waals surface area contributed by atoms with Crippen LogP contribution < -0.4 is 9.70 Å². The highest BCUT2D eigenvalue weighted by molar-refractivity contribution is 7.92. The molecule has 0 saturated carbocycles. The van der Waals surface area contributed by atoms with E-state index in [1.807, 2.05) is 37.3 Å². The van der Waals surface area contributed by atoms with Gasteiger partial charge in [0, 0.05) is 38.4 Å². The number of hydrogen-bond acceptors (Lipinski definition) is 8. The number of benzene rings is 2. The number of hydrogen-bond donors (Lipinski definition) is 0. The molecule has 38 heavy (non-hydrogen) atoms. The summed E-state index contributed by atoms with van der Waals surface area (Å²) in [4.78, 5) is 45.4. The molecule has 10 nitrogen and oxygen atoms in total. The first kappa shape index (κ1) is 27.5. The van der Waals surface area contributed by atoms with Crippen LogP contribution in [-0.4, -0.2) is 80.0 Å². The number of piperazine rings is 1. The fourth-order valence-corrected chi connectivity index (χ4v) is 6.57. The normalized spacial score (nSPS) is 14.6. The molecule has 2 heterocycles. The lowest BCUT2D eigenvalue weighted by Gasteiger charge is -2.36. The van der Waals surface area contributed by atoms with Crippen molar-refractivity contribution in [2.75, 3.05) is 49.2 Å². The Morgan fingerprint density at radius 1 is 0.974 bits per heavy atom. The van der Waals surface area contributed by atoms with Gasteiger partial charge in [-0.15, -0.1) is 0 Å². The van der Waals surface area contributed by atoms with Crippen LogP contribution in [0.15, 0.2) is 53.5 Å². The predicted octanol–water partition coefficient (Wildman–Crippen LogP) is 2.09. The summed E-state index contributed by atoms with van der Waals surface area (Å²) in [6, 6.07) is 14.9. The van der Waals surface area contributed by atoms with Crippen molar-refractivity contribution in [3.63, 3.8) is 0 Å². The third-order valence-electron chi connectivity index (χ3n) is 6.17. The second kappa shape index (κ2) is 11.9. The Hall–Kier alpha value is -3.51. The second-order valence-corrected chi connectivity index (χ2v) is 11.8. The van der Waals surface area contributed by atoms with Gasteiger partial charge in [-0.1, -0.05) is 29.5 Å². The highest BCUT2D eigenvalue weighted by Crippen LogP contribution is 2.20. The third-order valence-corrected chi connectivity index (χ3v) is 8.59. The first-order chi connectivity index (χ1) is 18.2. The van der Waals surface area contributed by atoms with Gasteiger partial charge in [0.2, 0.25) is 5.91 Å². The summed E-state index contributed by atoms with van der Waals surface area (Å²) in [6.07, 6.45) is 0. The number of aryl methyl sites for hydroxylation is 1. The molecule has 1 aliphatic rings. The van der Waals surface area contributed by atoms with Crippen LogP contribution >= 0.6 is 11.3 Å². The number of esters is 1. The molecule has 0 atom stereocenters. The van der Waals surface area contributed by atoms with Gasteiger partial charge in [0.25, 0.3) is 5.91 Å². The lowest BCUT2D eigenvalue weighted by Crippen LogP contribution is -2.50. The highest BCUT2D eigenvalue weighted by Gasteiger charge is 2.27. The molecule has 0 unspecified atom stereocenters. The molecule has 4 rings (SSSR count). The van der Waals surface area contributed by atoms with Gasteiger partial charge in [0.05, 0.1) is 22.4 Å². The number of ether oxygens (including phenoxy) is 1. The zero-order valence-electron chi connectivity index (χ0n) is 21.3. The zero-order chi connectivity index (χ0) is 27.3. The van der Waals surface area contributed by atoms with Crippen LogP contribution in [0, 0.1) is 0 Å². The Morgan fingerprint density at radius 2 is 1.68 bits per heavy atom. The molecule has 0 bridgehead atoms. The molecule has 3 aromatic rings. The van der Waals surface area contributed by atoms with Gasteiger partial charge in [0.15, 0.2) is 14.6 Å². The zero-order valence-corrected chi connectivity index (χ0v) is 23.0. The minimum Gasteiger partial charge on any atom is -0.462 e. The van der Waals surface area contributed by atoms with Gasteiger partial charge in [-0.3, -0.25) is 9.59 Å². The largest absolute Gasteiger partial charge is 0.462 e. The number of rotatable bonds is 8. The van der Waals surface area contributed by atoms with E-state index < -0.39 is 39.1 Å². The van der Waals surface area contributed by atoms with Crippen LogP contribution in [0.3, 0.4) is 0 Å². The van der Waals surface area contributed by atoms with Gasteiger partial charge in [-0.2, -0.15) is 4.99 Å². The fraction of sp³-hybridized carbons (Fsp3) is 0.385. The second-order valence-electron chi connectivity index (χ2n) is 8.77. The maximum atomic E-state index is 12.7. The lowest BCUT2D eigenvalue weighted by molar-refractivity contribution is -0.128. The van der Waals surface area contributed by atoms with Crippen molar-refractivity contribution in [3.8, 4) is 0 Å². The van der Waals surface area contributed by atoms with Crippen LogP contribution in [0.5, 0.6) is 0 Å². The Morgan fingerprint density at radius 3 is 2.34 bits per heavy atom. The topological polar surface area (TPSA) is 118 Å². The first-order valence-corrected chi connectivity index (χ1v) is 15.0. The van der Waals surface area contributed by atoms with Gasteiger partial charge in [-0.05, 0) is 44.2 Å². The summed E-state index contributed by atoms with van der Waals surface area (Å²) in [7, 11) is -4.00. The Bertz CT molecular complexity index is 1500. The number of fused-ring (bicyclic) bond motifs is 1. The van der Waals surface area contributed by atoms with Crippen molar-refractivity contribution >= 4 is 54.9 Å². The van der Waals surface area contributed by atoms with Gasteiger partial charge >= 0.3 is 5.97 Å². The molecule has 12 heteroatoms. The molecule has 1 saturated heterocycles. The van der Waals surface area contributed by atoms with Crippen LogP contribution in [0.2, 0.25) is 0 Å². The summed E-state index contributed by atoms with van der Waals surface area (Å²) in [6.45, 7) is 6.37. The number of para-hydroxylation sites is 1. The monoisotopic (exact) mass is 558 g/mol. The summed E-state index contributed by atoms with van der Waals surface area (Å²) in [5.41, 5.74) is 2.21. The maximum Gasteiger partial charge on any atom is 0.338 e. The SMILES string of the molecule is CCOC(=O)c1ccc2c(c1)sc(=NC(=O)CS(=O)(=O)CC(=O)N1CCN(c3ccccc3)CC1)n2CC. The number of carbonyl (C=O) groups excluding carboxylic acids is 3. The minimum atomic E-state index is -4.00. The molecule has 1 fully saturated rings. The molecule has 202 valence electrons. The van der Waals surface area contributed by atoms with Crippen LogP contribution in [0.4, 0.5) is 5.69 Å². The van der Waals surface area contributed by atoms with E-state index in [0.29, 0.717) is 43.1 Å². The standard InChI is InChI=1S/C26H30N4O6S2/c1-3-30-21-11-10-19(25(33)36-4-2)16-22(21)37-26(30)27-23(31)17-38(34,35)18-24(32)29-14-12-28(13-15-29)20-8-6-5-7-9-20/h5-11,16H,3-4,12-15,17-18H2,1-2H3. The molecule has 1 aromatic heterocycles. The molecule has 1 aliphatic heterocycles. The molecule has 0 spiro atoms. The van der Waals surface area contributed by atoms with E-state index in [2.05, 4.69) is 9.89 Å². The third kappa shape index (κ3) is 6.48. The Balaban J connectivity index is 1.41. The van der Waals surface area contributed by atoms with Gasteiger partial charge < -0.3 is 19.1 Å². The van der Waals surface area contributed by atoms with Crippen molar-refractivity contribution in [2.45, 2.75) is 20.4 Å². The molecule has 0 N–H and O–H groups in total. The van der Waals surface area contributed by atoms with Crippen LogP contribution in [0.25, 0.3) is 10.2 Å². The smallest absolute Gasteiger partial charge is 0.338 e. The Labute approximate surface area is 225 Å². The van der Waals surface area contributed by atoms with E-state index in [4.69, 9.17) is 4.74 Å². The highest BCUT2D eigenvalue weighted by atomic mass is 32.2. The number of sulfone groups is 1. The lowest BCUT2D eigenvalue weighted by atomic mass is 10.2. The summed E-state index contributed by atoms with van der Waals surface area (Å²) >= 11 is 1.18. The van der Waals surface area contributed by atoms with Crippen molar-refractivity contribution < 1.29 is 27.5 Å². The van der Waals surface area contributed by atoms with Crippen LogP contribution in [-0.2, 0) is 30.7 Å². The van der Waals surface area contributed by atoms with Crippen molar-refractivity contribution in [1.29, 1.82) is 0 Å². The maximum absolute atomic E-state index is 12.7. The molecule has 0 aliphatic carbocycles. The van der Waals surface area contributed by atoms with Crippen molar-refractivity contribution in [2.24, 2.45) is 4.99 Å². The molecule has 0 radical (unpaired) electrons. The van der Waals surface area contributed by atoms with Gasteiger partial charge in [0.1, 0.15) is 11.5 Å². The molecule has 2 amide bonds. The van der Waals surface area contributed by atoms with Crippen LogP contribution in [0.1, 0.15) is 24.2 Å². The number of thiazole rings is 1. The fourth-order valence-electron chi connectivity index (χ4n) is 4.32. The van der Waals surface area contributed by atoms with E-state index in [-0.39, 0.29) is 6.61 Å². The average Bonchev–Trinajstić information content (AvgIpc) is 3.24. The van der Waals surface area contributed by atoms with Crippen molar-refractivity contribution in [1.82, 2.24) is 9.47 Å². The van der Waals surface area contributed by atoms with Crippen molar-refractivity contribution in [3.05, 3.63) is 58.9 Å². The number of amides is 2. The molecular formula is C26H30N4O6S2. The average molecular weight is 559 g/mol. The van der Waals surface area contributed by atoms with E-state index in [0.717, 1.165) is 15.9 Å². The van der Waals surface area contributed by atoms with Gasteiger partial charge in [-0.25, -0.2) is 13.2 Å². The summed E-state index contributed by atoms with van der Waals surface area (Å²) < 4.78 is 32.9. The van der Waals surface area contributed by atoms with E-state index >= 15 is 0 Å². The predicted molar refractivity (Wildman–Crippen MR) is 146 cm³/mol. The van der Waals surface area contributed by atoms with E-state index in [9.17, 15) is 22.8 Å². The Kier molecular flexibility index (Phi) is 8.62. The minimum absolute atomic E-state index is 0.256. The number of nitrogens with zero attached hydrogens (tertiary/aromatic N) is 4. The first-order valence-electron chi connectivity index (χ1n) is 12.4. The summed E-state index contributed by atoms with van der Waals surface area (Å²) in [5, 5.41) is 0. The molecule has 2 aromatic carbocycles. The quantitative estimate of drug-likeness (QED) is 0.389. The number of aromatic nitrogens is 1. The number of anilines is 1. The van der Waals surface area contributed by atoms with E-state index in [1.54, 1.807) is 29.7 Å².